The lowest BCUT2D eigenvalue weighted by molar-refractivity contribution is 0.112. The number of nitrogens with one attached hydrogen (secondary N) is 1. The predicted molar refractivity (Wildman–Crippen MR) is 88.5 cm³/mol. The smallest absolute Gasteiger partial charge is 0.277 e. The van der Waals surface area contributed by atoms with E-state index < -0.39 is 15.6 Å². The average molecular weight is 353 g/mol. The van der Waals surface area contributed by atoms with Gasteiger partial charge in [-0.15, -0.1) is 0 Å². The topological polar surface area (TPSA) is 101 Å². The van der Waals surface area contributed by atoms with Crippen LogP contribution in [0.2, 0.25) is 0 Å². The standard InChI is InChI=1S/C15H19N3O5S/c1-17(8-9-23-3)24(21,22)12-6-4-11(5-7-12)14-13(10-19)15(20)18(2)16-14/h4-7,10,16H,8-9H2,1-3H3. The van der Waals surface area contributed by atoms with E-state index in [4.69, 9.17) is 4.74 Å². The number of nitrogens with zero attached hydrogens (tertiary/aromatic N) is 2. The van der Waals surface area contributed by atoms with Crippen molar-refractivity contribution >= 4 is 16.3 Å². The number of sulfonamides is 1. The van der Waals surface area contributed by atoms with Gasteiger partial charge in [-0.05, 0) is 12.1 Å². The first-order chi connectivity index (χ1) is 11.3. The molecule has 0 radical (unpaired) electrons. The first-order valence-corrected chi connectivity index (χ1v) is 8.56. The molecular formula is C15H19N3O5S. The molecule has 0 bridgehead atoms. The van der Waals surface area contributed by atoms with Gasteiger partial charge in [0.05, 0.1) is 17.2 Å². The molecule has 0 saturated heterocycles. The molecule has 1 aromatic carbocycles. The summed E-state index contributed by atoms with van der Waals surface area (Å²) >= 11 is 0. The number of H-pyrrole nitrogens is 1. The third kappa shape index (κ3) is 3.32. The molecule has 0 amide bonds. The van der Waals surface area contributed by atoms with Crippen molar-refractivity contribution in [2.45, 2.75) is 4.90 Å². The molecule has 9 heteroatoms. The highest BCUT2D eigenvalue weighted by Crippen LogP contribution is 2.22. The van der Waals surface area contributed by atoms with Crippen molar-refractivity contribution in [2.24, 2.45) is 7.05 Å². The molecule has 1 N–H and O–H groups in total. The van der Waals surface area contributed by atoms with Gasteiger partial charge in [0.25, 0.3) is 5.56 Å². The van der Waals surface area contributed by atoms with Crippen LogP contribution in [-0.4, -0.2) is 56.1 Å². The Bertz CT molecular complexity index is 881. The summed E-state index contributed by atoms with van der Waals surface area (Å²) in [5.74, 6) is 0. The molecule has 0 unspecified atom stereocenters. The Hall–Kier alpha value is -2.23. The second-order valence-corrected chi connectivity index (χ2v) is 7.27. The summed E-state index contributed by atoms with van der Waals surface area (Å²) in [6, 6.07) is 5.98. The van der Waals surface area contributed by atoms with Gasteiger partial charge in [-0.2, -0.15) is 4.31 Å². The fourth-order valence-electron chi connectivity index (χ4n) is 2.21. The number of hydrogen-bond donors (Lipinski definition) is 1. The Kier molecular flexibility index (Phi) is 5.37. The number of ether oxygens (including phenoxy) is 1. The Morgan fingerprint density at radius 1 is 1.29 bits per heavy atom. The zero-order valence-electron chi connectivity index (χ0n) is 13.6. The lowest BCUT2D eigenvalue weighted by Gasteiger charge is -2.16. The Morgan fingerprint density at radius 3 is 2.46 bits per heavy atom. The van der Waals surface area contributed by atoms with Gasteiger partial charge < -0.3 is 4.74 Å². The Morgan fingerprint density at radius 2 is 1.92 bits per heavy atom. The molecule has 130 valence electrons. The molecule has 0 atom stereocenters. The number of carbonyl (C=O) groups is 1. The van der Waals surface area contributed by atoms with Crippen LogP contribution in [0.1, 0.15) is 10.4 Å². The van der Waals surface area contributed by atoms with Crippen molar-refractivity contribution in [1.29, 1.82) is 0 Å². The molecular weight excluding hydrogens is 334 g/mol. The quantitative estimate of drug-likeness (QED) is 0.729. The van der Waals surface area contributed by atoms with Crippen LogP contribution in [0.25, 0.3) is 11.3 Å². The molecule has 1 aromatic heterocycles. The molecule has 0 aliphatic rings. The highest BCUT2D eigenvalue weighted by molar-refractivity contribution is 7.89. The van der Waals surface area contributed by atoms with Gasteiger partial charge in [0.15, 0.2) is 6.29 Å². The zero-order valence-corrected chi connectivity index (χ0v) is 14.5. The van der Waals surface area contributed by atoms with Gasteiger partial charge in [0, 0.05) is 33.3 Å². The summed E-state index contributed by atoms with van der Waals surface area (Å²) in [5.41, 5.74) is 0.476. The highest BCUT2D eigenvalue weighted by atomic mass is 32.2. The molecule has 8 nitrogen and oxygen atoms in total. The lowest BCUT2D eigenvalue weighted by Crippen LogP contribution is -2.30. The minimum absolute atomic E-state index is 0.00493. The maximum atomic E-state index is 12.4. The fourth-order valence-corrected chi connectivity index (χ4v) is 3.36. The van der Waals surface area contributed by atoms with E-state index in [1.807, 2.05) is 0 Å². The van der Waals surface area contributed by atoms with Crippen LogP contribution in [0.3, 0.4) is 0 Å². The van der Waals surface area contributed by atoms with Crippen LogP contribution in [0.15, 0.2) is 34.0 Å². The second kappa shape index (κ2) is 7.12. The molecule has 0 fully saturated rings. The van der Waals surface area contributed by atoms with Crippen molar-refractivity contribution in [1.82, 2.24) is 14.1 Å². The second-order valence-electron chi connectivity index (χ2n) is 5.23. The third-order valence-corrected chi connectivity index (χ3v) is 5.53. The third-order valence-electron chi connectivity index (χ3n) is 3.66. The molecule has 2 rings (SSSR count). The number of aromatic amines is 1. The van der Waals surface area contributed by atoms with E-state index in [-0.39, 0.29) is 17.0 Å². The maximum Gasteiger partial charge on any atom is 0.277 e. The van der Waals surface area contributed by atoms with Crippen molar-refractivity contribution in [2.75, 3.05) is 27.3 Å². The van der Waals surface area contributed by atoms with Crippen LogP contribution >= 0.6 is 0 Å². The monoisotopic (exact) mass is 353 g/mol. The van der Waals surface area contributed by atoms with Gasteiger partial charge in [-0.1, -0.05) is 12.1 Å². The van der Waals surface area contributed by atoms with Gasteiger partial charge in [0.1, 0.15) is 5.56 Å². The van der Waals surface area contributed by atoms with Gasteiger partial charge in [-0.25, -0.2) is 8.42 Å². The first kappa shape index (κ1) is 18.1. The van der Waals surface area contributed by atoms with Crippen LogP contribution in [0.4, 0.5) is 0 Å². The minimum Gasteiger partial charge on any atom is -0.383 e. The van der Waals surface area contributed by atoms with E-state index >= 15 is 0 Å². The number of carbonyl (C=O) groups excluding carboxylic acids is 1. The number of methoxy groups -OCH3 is 1. The zero-order chi connectivity index (χ0) is 17.9. The normalized spacial score (nSPS) is 11.8. The van der Waals surface area contributed by atoms with E-state index in [2.05, 4.69) is 5.10 Å². The molecule has 0 spiro atoms. The molecule has 0 aliphatic heterocycles. The predicted octanol–water partition coefficient (Wildman–Crippen LogP) is 0.460. The van der Waals surface area contributed by atoms with Crippen LogP contribution < -0.4 is 5.56 Å². The minimum atomic E-state index is -3.62. The maximum absolute atomic E-state index is 12.4. The first-order valence-electron chi connectivity index (χ1n) is 7.12. The number of aromatic nitrogens is 2. The number of hydrogen-bond acceptors (Lipinski definition) is 5. The molecule has 0 aliphatic carbocycles. The van der Waals surface area contributed by atoms with E-state index in [0.29, 0.717) is 24.2 Å². The lowest BCUT2D eigenvalue weighted by atomic mass is 10.1. The summed E-state index contributed by atoms with van der Waals surface area (Å²) in [4.78, 5) is 23.0. The van der Waals surface area contributed by atoms with Crippen LogP contribution in [0.5, 0.6) is 0 Å². The Labute approximate surface area is 139 Å². The molecule has 0 saturated carbocycles. The number of benzene rings is 1. The fraction of sp³-hybridized carbons (Fsp3) is 0.333. The largest absolute Gasteiger partial charge is 0.383 e. The van der Waals surface area contributed by atoms with Crippen LogP contribution in [-0.2, 0) is 21.8 Å². The van der Waals surface area contributed by atoms with Gasteiger partial charge >= 0.3 is 0 Å². The van der Waals surface area contributed by atoms with Gasteiger partial charge in [0.2, 0.25) is 10.0 Å². The summed E-state index contributed by atoms with van der Waals surface area (Å²) in [6.07, 6.45) is 0.483. The number of rotatable bonds is 7. The van der Waals surface area contributed by atoms with E-state index in [9.17, 15) is 18.0 Å². The van der Waals surface area contributed by atoms with E-state index in [0.717, 1.165) is 0 Å². The van der Waals surface area contributed by atoms with E-state index in [1.54, 1.807) is 12.1 Å². The van der Waals surface area contributed by atoms with Crippen molar-refractivity contribution in [3.05, 3.63) is 40.2 Å². The van der Waals surface area contributed by atoms with Gasteiger partial charge in [-0.3, -0.25) is 19.4 Å². The summed E-state index contributed by atoms with van der Waals surface area (Å²) in [5, 5.41) is 2.79. The highest BCUT2D eigenvalue weighted by Gasteiger charge is 2.21. The van der Waals surface area contributed by atoms with Crippen molar-refractivity contribution in [3.63, 3.8) is 0 Å². The summed E-state index contributed by atoms with van der Waals surface area (Å²) in [7, 11) is 0.854. The van der Waals surface area contributed by atoms with Crippen molar-refractivity contribution in [3.8, 4) is 11.3 Å². The number of likely N-dealkylation sites (N-methyl/N-ethyl adjacent to an activating group) is 1. The number of aldehydes is 1. The summed E-state index contributed by atoms with van der Waals surface area (Å²) in [6.45, 7) is 0.531. The molecule has 1 heterocycles. The molecule has 2 aromatic rings. The van der Waals surface area contributed by atoms with Crippen LogP contribution in [0, 0.1) is 0 Å². The SMILES string of the molecule is COCCN(C)S(=O)(=O)c1ccc(-c2[nH]n(C)c(=O)c2C=O)cc1. The number of aryl methyl sites for hydroxylation is 1. The average Bonchev–Trinajstić information content (AvgIpc) is 2.87. The molecule has 24 heavy (non-hydrogen) atoms. The Balaban J connectivity index is 2.36. The van der Waals surface area contributed by atoms with E-state index in [1.165, 1.54) is 42.3 Å². The summed E-state index contributed by atoms with van der Waals surface area (Å²) < 4.78 is 32.1. The van der Waals surface area contributed by atoms with Crippen molar-refractivity contribution < 1.29 is 17.9 Å².